The summed E-state index contributed by atoms with van der Waals surface area (Å²) in [5.41, 5.74) is 2.21. The molecule has 0 amide bonds. The molecule has 1 atom stereocenters. The molecule has 40 heavy (non-hydrogen) atoms. The Morgan fingerprint density at radius 1 is 1.18 bits per heavy atom. The zero-order chi connectivity index (χ0) is 29.0. The lowest BCUT2D eigenvalue weighted by molar-refractivity contribution is 0.0557. The van der Waals surface area contributed by atoms with Crippen LogP contribution in [-0.4, -0.2) is 53.1 Å². The number of sulfone groups is 1. The molecule has 0 radical (unpaired) electrons. The number of hydrogen-bond acceptors (Lipinski definition) is 9. The second kappa shape index (κ2) is 11.8. The van der Waals surface area contributed by atoms with Gasteiger partial charge >= 0.3 is 0 Å². The Morgan fingerprint density at radius 2 is 1.90 bits per heavy atom. The van der Waals surface area contributed by atoms with Crippen LogP contribution in [0, 0.1) is 18.3 Å². The number of hydrogen-bond donors (Lipinski definition) is 2. The number of aromatic nitrogens is 4. The Labute approximate surface area is 231 Å². The fourth-order valence-corrected chi connectivity index (χ4v) is 5.66. The second-order valence-electron chi connectivity index (χ2n) is 9.36. The molecule has 4 rings (SSSR count). The van der Waals surface area contributed by atoms with Gasteiger partial charge in [-0.15, -0.1) is 0 Å². The molecule has 0 aliphatic rings. The van der Waals surface area contributed by atoms with Crippen molar-refractivity contribution in [1.29, 1.82) is 5.26 Å². The number of nitriles is 1. The van der Waals surface area contributed by atoms with Crippen LogP contribution in [0.5, 0.6) is 5.88 Å². The highest BCUT2D eigenvalue weighted by Crippen LogP contribution is 2.30. The zero-order valence-electron chi connectivity index (χ0n) is 22.5. The third-order valence-electron chi connectivity index (χ3n) is 6.29. The van der Waals surface area contributed by atoms with Gasteiger partial charge in [-0.3, -0.25) is 14.5 Å². The van der Waals surface area contributed by atoms with Crippen LogP contribution in [-0.2, 0) is 25.9 Å². The first kappa shape index (κ1) is 28.7. The Bertz CT molecular complexity index is 1720. The summed E-state index contributed by atoms with van der Waals surface area (Å²) in [4.78, 5) is 17.1. The summed E-state index contributed by atoms with van der Waals surface area (Å²) < 4.78 is 39.7. The number of H-pyrrole nitrogens is 1. The van der Waals surface area contributed by atoms with Crippen LogP contribution in [0.25, 0.3) is 11.1 Å². The second-order valence-corrected chi connectivity index (χ2v) is 11.2. The van der Waals surface area contributed by atoms with Crippen molar-refractivity contribution < 1.29 is 23.0 Å². The molecule has 0 saturated heterocycles. The van der Waals surface area contributed by atoms with Gasteiger partial charge in [0, 0.05) is 18.4 Å². The number of aromatic amines is 1. The number of aryl methyl sites for hydroxylation is 1. The molecule has 0 aliphatic carbocycles. The third-order valence-corrected chi connectivity index (χ3v) is 8.07. The molecule has 2 aromatic heterocycles. The number of rotatable bonds is 10. The Balaban J connectivity index is 1.90. The maximum atomic E-state index is 14.0. The van der Waals surface area contributed by atoms with E-state index in [-0.39, 0.29) is 30.0 Å². The highest BCUT2D eigenvalue weighted by molar-refractivity contribution is 7.91. The number of nitrogens with zero attached hydrogens (tertiary/aromatic N) is 4. The fraction of sp³-hybridized carbons (Fsp3) is 0.286. The molecule has 2 heterocycles. The molecule has 11 nitrogen and oxygen atoms in total. The average molecular weight is 564 g/mol. The molecule has 0 fully saturated rings. The number of nitrogens with one attached hydrogen (secondary N) is 1. The molecule has 2 aromatic carbocycles. The zero-order valence-corrected chi connectivity index (χ0v) is 23.3. The summed E-state index contributed by atoms with van der Waals surface area (Å²) >= 11 is 0. The van der Waals surface area contributed by atoms with Gasteiger partial charge in [0.05, 0.1) is 41.5 Å². The fourth-order valence-electron chi connectivity index (χ4n) is 4.32. The molecule has 0 bridgehead atoms. The predicted octanol–water partition coefficient (Wildman–Crippen LogP) is 3.51. The SMILES string of the molecule is COCC(c1cccc(C#N)c1)n1c(COC(C)C)nc(O)c(S(=O)(=O)c2ccc(-c3cn[nH]c3C)cc2)c1=O. The Kier molecular flexibility index (Phi) is 8.49. The minimum atomic E-state index is -4.51. The van der Waals surface area contributed by atoms with Crippen LogP contribution < -0.4 is 5.56 Å². The minimum Gasteiger partial charge on any atom is -0.492 e. The molecule has 208 valence electrons. The van der Waals surface area contributed by atoms with Gasteiger partial charge in [-0.05, 0) is 56.2 Å². The average Bonchev–Trinajstić information content (AvgIpc) is 3.36. The molecule has 0 aliphatic heterocycles. The summed E-state index contributed by atoms with van der Waals surface area (Å²) in [5.74, 6) is -0.925. The molecule has 4 aromatic rings. The molecule has 0 spiro atoms. The van der Waals surface area contributed by atoms with Gasteiger partial charge in [-0.1, -0.05) is 24.3 Å². The van der Waals surface area contributed by atoms with E-state index in [9.17, 15) is 23.6 Å². The van der Waals surface area contributed by atoms with E-state index in [2.05, 4.69) is 21.3 Å². The third kappa shape index (κ3) is 5.67. The van der Waals surface area contributed by atoms with E-state index in [0.717, 1.165) is 21.4 Å². The van der Waals surface area contributed by atoms with Crippen LogP contribution in [0.15, 0.2) is 69.3 Å². The largest absolute Gasteiger partial charge is 0.492 e. The summed E-state index contributed by atoms with van der Waals surface area (Å²) in [6, 6.07) is 13.6. The van der Waals surface area contributed by atoms with Gasteiger partial charge in [0.25, 0.3) is 5.56 Å². The monoisotopic (exact) mass is 563 g/mol. The summed E-state index contributed by atoms with van der Waals surface area (Å²) in [5, 5.41) is 27.0. The van der Waals surface area contributed by atoms with Crippen molar-refractivity contribution in [2.45, 2.75) is 49.3 Å². The smallest absolute Gasteiger partial charge is 0.277 e. The molecular weight excluding hydrogens is 534 g/mol. The van der Waals surface area contributed by atoms with Gasteiger partial charge in [-0.25, -0.2) is 8.42 Å². The molecule has 12 heteroatoms. The number of benzene rings is 2. The number of aromatic hydroxyl groups is 1. The predicted molar refractivity (Wildman–Crippen MR) is 145 cm³/mol. The standard InChI is InChI=1S/C28H29N5O6S/c1-17(2)39-16-25-31-27(34)26(28(35)33(25)24(15-38-4)21-7-5-6-19(12-21)13-29)40(36,37)22-10-8-20(9-11-22)23-14-30-32-18(23)3/h5-12,14,17,24,34H,15-16H2,1-4H3,(H,30,32). The van der Waals surface area contributed by atoms with Crippen molar-refractivity contribution in [3.8, 4) is 23.1 Å². The quantitative estimate of drug-likeness (QED) is 0.294. The van der Waals surface area contributed by atoms with E-state index in [1.807, 2.05) is 6.92 Å². The van der Waals surface area contributed by atoms with Crippen molar-refractivity contribution in [3.05, 3.63) is 87.7 Å². The lowest BCUT2D eigenvalue weighted by Crippen LogP contribution is -2.35. The topological polar surface area (TPSA) is 160 Å². The van der Waals surface area contributed by atoms with Crippen molar-refractivity contribution >= 4 is 9.84 Å². The highest BCUT2D eigenvalue weighted by Gasteiger charge is 2.32. The van der Waals surface area contributed by atoms with Crippen molar-refractivity contribution in [2.24, 2.45) is 0 Å². The van der Waals surface area contributed by atoms with Crippen LogP contribution in [0.2, 0.25) is 0 Å². The van der Waals surface area contributed by atoms with E-state index in [4.69, 9.17) is 9.47 Å². The maximum Gasteiger partial charge on any atom is 0.277 e. The van der Waals surface area contributed by atoms with Crippen LogP contribution >= 0.6 is 0 Å². The van der Waals surface area contributed by atoms with Gasteiger partial charge in [0.1, 0.15) is 12.4 Å². The first-order valence-corrected chi connectivity index (χ1v) is 13.9. The molecular formula is C28H29N5O6S. The van der Waals surface area contributed by atoms with E-state index < -0.39 is 32.2 Å². The summed E-state index contributed by atoms with van der Waals surface area (Å²) in [6.07, 6.45) is 1.39. The number of methoxy groups -OCH3 is 1. The normalized spacial score (nSPS) is 12.4. The van der Waals surface area contributed by atoms with E-state index >= 15 is 0 Å². The van der Waals surface area contributed by atoms with E-state index in [0.29, 0.717) is 11.1 Å². The lowest BCUT2D eigenvalue weighted by Gasteiger charge is -2.24. The van der Waals surface area contributed by atoms with E-state index in [1.54, 1.807) is 56.4 Å². The minimum absolute atomic E-state index is 0.00495. The Morgan fingerprint density at radius 3 is 2.50 bits per heavy atom. The Hall–Kier alpha value is -4.31. The summed E-state index contributed by atoms with van der Waals surface area (Å²) in [7, 11) is -3.08. The molecule has 2 N–H and O–H groups in total. The van der Waals surface area contributed by atoms with Gasteiger partial charge in [0.2, 0.25) is 15.7 Å². The molecule has 1 unspecified atom stereocenters. The molecule has 0 saturated carbocycles. The summed E-state index contributed by atoms with van der Waals surface area (Å²) in [6.45, 7) is 5.19. The van der Waals surface area contributed by atoms with Gasteiger partial charge in [0.15, 0.2) is 4.90 Å². The first-order valence-electron chi connectivity index (χ1n) is 12.4. The van der Waals surface area contributed by atoms with Crippen LogP contribution in [0.1, 0.15) is 42.5 Å². The van der Waals surface area contributed by atoms with Gasteiger partial charge in [-0.2, -0.15) is 15.3 Å². The van der Waals surface area contributed by atoms with E-state index in [1.165, 1.54) is 19.2 Å². The van der Waals surface area contributed by atoms with Crippen molar-refractivity contribution in [1.82, 2.24) is 19.7 Å². The van der Waals surface area contributed by atoms with Gasteiger partial charge < -0.3 is 14.6 Å². The van der Waals surface area contributed by atoms with Crippen molar-refractivity contribution in [2.75, 3.05) is 13.7 Å². The van der Waals surface area contributed by atoms with Crippen LogP contribution in [0.3, 0.4) is 0 Å². The maximum absolute atomic E-state index is 14.0. The highest BCUT2D eigenvalue weighted by atomic mass is 32.2. The van der Waals surface area contributed by atoms with Crippen LogP contribution in [0.4, 0.5) is 0 Å². The van der Waals surface area contributed by atoms with Crippen molar-refractivity contribution in [3.63, 3.8) is 0 Å². The first-order chi connectivity index (χ1) is 19.1. The number of ether oxygens (including phenoxy) is 2. The lowest BCUT2D eigenvalue weighted by atomic mass is 10.0.